The van der Waals surface area contributed by atoms with Gasteiger partial charge in [-0.1, -0.05) is 6.92 Å². The Morgan fingerprint density at radius 1 is 1.35 bits per heavy atom. The largest absolute Gasteiger partial charge is 0.506 e. The molecule has 0 atom stereocenters. The van der Waals surface area contributed by atoms with Crippen molar-refractivity contribution in [2.75, 3.05) is 5.73 Å². The second-order valence-electron chi connectivity index (χ2n) is 4.00. The first-order valence-electron chi connectivity index (χ1n) is 5.62. The summed E-state index contributed by atoms with van der Waals surface area (Å²) in [6.07, 6.45) is 1.01. The first-order chi connectivity index (χ1) is 8.13. The van der Waals surface area contributed by atoms with E-state index in [2.05, 4.69) is 17.1 Å². The molecule has 0 aliphatic heterocycles. The number of aromatic hydroxyl groups is 1. The van der Waals surface area contributed by atoms with Crippen molar-refractivity contribution in [3.05, 3.63) is 24.0 Å². The van der Waals surface area contributed by atoms with Crippen molar-refractivity contribution in [2.24, 2.45) is 0 Å². The Morgan fingerprint density at radius 2 is 2.12 bits per heavy atom. The molecular weight excluding hydrogens is 216 g/mol. The van der Waals surface area contributed by atoms with Gasteiger partial charge in [0.05, 0.1) is 5.69 Å². The molecule has 3 N–H and O–H groups in total. The molecule has 0 spiro atoms. The van der Waals surface area contributed by atoms with Crippen molar-refractivity contribution >= 4 is 5.69 Å². The molecule has 1 heterocycles. The predicted molar refractivity (Wildman–Crippen MR) is 66.6 cm³/mol. The summed E-state index contributed by atoms with van der Waals surface area (Å²) >= 11 is 0. The summed E-state index contributed by atoms with van der Waals surface area (Å²) in [4.78, 5) is 0. The summed E-state index contributed by atoms with van der Waals surface area (Å²) < 4.78 is 2.03. The fourth-order valence-electron chi connectivity index (χ4n) is 1.77. The van der Waals surface area contributed by atoms with Crippen LogP contribution < -0.4 is 5.73 Å². The van der Waals surface area contributed by atoms with Gasteiger partial charge in [-0.3, -0.25) is 0 Å². The van der Waals surface area contributed by atoms with Gasteiger partial charge in [0.25, 0.3) is 0 Å². The number of hydrogen-bond donors (Lipinski definition) is 2. The topological polar surface area (TPSA) is 77.0 Å². The third-order valence-electron chi connectivity index (χ3n) is 2.67. The van der Waals surface area contributed by atoms with E-state index in [9.17, 15) is 5.11 Å². The number of rotatable bonds is 3. The summed E-state index contributed by atoms with van der Waals surface area (Å²) in [5.41, 5.74) is 6.77. The van der Waals surface area contributed by atoms with Crippen LogP contribution in [0.1, 0.15) is 19.2 Å². The zero-order valence-corrected chi connectivity index (χ0v) is 10.0. The first-order valence-corrected chi connectivity index (χ1v) is 5.62. The molecule has 17 heavy (non-hydrogen) atoms. The second-order valence-corrected chi connectivity index (χ2v) is 4.00. The van der Waals surface area contributed by atoms with Crippen molar-refractivity contribution in [2.45, 2.75) is 26.8 Å². The molecule has 2 rings (SSSR count). The zero-order chi connectivity index (χ0) is 12.4. The highest BCUT2D eigenvalue weighted by Gasteiger charge is 2.11. The van der Waals surface area contributed by atoms with Crippen molar-refractivity contribution in [1.82, 2.24) is 14.8 Å². The number of nitrogen functional groups attached to an aromatic ring is 1. The summed E-state index contributed by atoms with van der Waals surface area (Å²) in [6, 6.07) is 5.13. The van der Waals surface area contributed by atoms with Crippen LogP contribution in [0.25, 0.3) is 11.4 Å². The van der Waals surface area contributed by atoms with Gasteiger partial charge < -0.3 is 15.4 Å². The third kappa shape index (κ3) is 2.08. The normalized spacial score (nSPS) is 10.7. The molecule has 5 nitrogen and oxygen atoms in total. The van der Waals surface area contributed by atoms with Gasteiger partial charge in [-0.2, -0.15) is 0 Å². The fraction of sp³-hybridized carbons (Fsp3) is 0.333. The van der Waals surface area contributed by atoms with E-state index < -0.39 is 0 Å². The van der Waals surface area contributed by atoms with Gasteiger partial charge in [-0.05, 0) is 31.5 Å². The van der Waals surface area contributed by atoms with Crippen LogP contribution in [-0.2, 0) is 6.54 Å². The first kappa shape index (κ1) is 11.4. The smallest absolute Gasteiger partial charge is 0.164 e. The monoisotopic (exact) mass is 232 g/mol. The highest BCUT2D eigenvalue weighted by molar-refractivity contribution is 5.65. The van der Waals surface area contributed by atoms with Crippen molar-refractivity contribution in [1.29, 1.82) is 0 Å². The number of phenolic OH excluding ortho intramolecular Hbond substituents is 1. The van der Waals surface area contributed by atoms with Gasteiger partial charge in [0.15, 0.2) is 5.82 Å². The number of nitrogens with two attached hydrogens (primary N) is 1. The van der Waals surface area contributed by atoms with Crippen molar-refractivity contribution < 1.29 is 5.11 Å². The number of benzene rings is 1. The molecule has 1 aromatic carbocycles. The minimum Gasteiger partial charge on any atom is -0.506 e. The molecule has 0 bridgehead atoms. The molecule has 2 aromatic rings. The Hall–Kier alpha value is -2.04. The molecule has 0 unspecified atom stereocenters. The van der Waals surface area contributed by atoms with E-state index in [1.807, 2.05) is 17.6 Å². The molecule has 0 saturated carbocycles. The van der Waals surface area contributed by atoms with E-state index >= 15 is 0 Å². The maximum Gasteiger partial charge on any atom is 0.164 e. The minimum absolute atomic E-state index is 0.0752. The number of aryl methyl sites for hydroxylation is 1. The van der Waals surface area contributed by atoms with Crippen LogP contribution in [0.2, 0.25) is 0 Å². The number of phenols is 1. The number of hydrogen-bond acceptors (Lipinski definition) is 4. The Labute approximate surface area is 99.9 Å². The molecule has 0 aliphatic carbocycles. The average molecular weight is 232 g/mol. The minimum atomic E-state index is 0.0752. The van der Waals surface area contributed by atoms with Gasteiger partial charge in [0.1, 0.15) is 11.6 Å². The molecule has 0 aliphatic rings. The van der Waals surface area contributed by atoms with Gasteiger partial charge in [0.2, 0.25) is 0 Å². The Bertz CT molecular complexity index is 533. The predicted octanol–water partition coefficient (Wildman–Crippen LogP) is 1.95. The lowest BCUT2D eigenvalue weighted by molar-refractivity contribution is 0.478. The summed E-state index contributed by atoms with van der Waals surface area (Å²) in [7, 11) is 0. The van der Waals surface area contributed by atoms with Crippen LogP contribution in [0.4, 0.5) is 5.69 Å². The van der Waals surface area contributed by atoms with Crippen molar-refractivity contribution in [3.8, 4) is 17.1 Å². The summed E-state index contributed by atoms with van der Waals surface area (Å²) in [5.74, 6) is 1.71. The van der Waals surface area contributed by atoms with E-state index in [-0.39, 0.29) is 5.75 Å². The highest BCUT2D eigenvalue weighted by atomic mass is 16.3. The number of nitrogens with zero attached hydrogens (tertiary/aromatic N) is 3. The van der Waals surface area contributed by atoms with Crippen LogP contribution in [0.5, 0.6) is 5.75 Å². The molecule has 0 radical (unpaired) electrons. The van der Waals surface area contributed by atoms with E-state index in [4.69, 9.17) is 5.73 Å². The quantitative estimate of drug-likeness (QED) is 0.626. The zero-order valence-electron chi connectivity index (χ0n) is 10.0. The van der Waals surface area contributed by atoms with Gasteiger partial charge in [-0.15, -0.1) is 10.2 Å². The van der Waals surface area contributed by atoms with E-state index in [1.165, 1.54) is 0 Å². The van der Waals surface area contributed by atoms with E-state index in [0.717, 1.165) is 30.2 Å². The SMILES string of the molecule is CCCn1c(C)nnc1-c1ccc(N)c(O)c1. The molecule has 0 amide bonds. The van der Waals surface area contributed by atoms with Gasteiger partial charge in [0, 0.05) is 12.1 Å². The third-order valence-corrected chi connectivity index (χ3v) is 2.67. The van der Waals surface area contributed by atoms with Crippen molar-refractivity contribution in [3.63, 3.8) is 0 Å². The van der Waals surface area contributed by atoms with E-state index in [1.54, 1.807) is 12.1 Å². The highest BCUT2D eigenvalue weighted by Crippen LogP contribution is 2.27. The number of anilines is 1. The maximum atomic E-state index is 9.61. The summed E-state index contributed by atoms with van der Waals surface area (Å²) in [5, 5.41) is 17.8. The average Bonchev–Trinajstić information content (AvgIpc) is 2.66. The second kappa shape index (κ2) is 4.45. The Kier molecular flexibility index (Phi) is 2.99. The van der Waals surface area contributed by atoms with Crippen LogP contribution in [0.15, 0.2) is 18.2 Å². The molecule has 90 valence electrons. The maximum absolute atomic E-state index is 9.61. The number of aromatic nitrogens is 3. The Balaban J connectivity index is 2.48. The van der Waals surface area contributed by atoms with Crippen LogP contribution in [0, 0.1) is 6.92 Å². The van der Waals surface area contributed by atoms with Gasteiger partial charge >= 0.3 is 0 Å². The van der Waals surface area contributed by atoms with Crippen LogP contribution >= 0.6 is 0 Å². The molecule has 1 aromatic heterocycles. The lowest BCUT2D eigenvalue weighted by Crippen LogP contribution is -2.02. The van der Waals surface area contributed by atoms with Crippen LogP contribution in [0.3, 0.4) is 0 Å². The summed E-state index contributed by atoms with van der Waals surface area (Å²) in [6.45, 7) is 4.88. The van der Waals surface area contributed by atoms with E-state index in [0.29, 0.717) is 5.69 Å². The fourth-order valence-corrected chi connectivity index (χ4v) is 1.77. The standard InChI is InChI=1S/C12H16N4O/c1-3-6-16-8(2)14-15-12(16)9-4-5-10(13)11(17)7-9/h4-5,7,17H,3,6,13H2,1-2H3. The van der Waals surface area contributed by atoms with Crippen LogP contribution in [-0.4, -0.2) is 19.9 Å². The molecule has 0 saturated heterocycles. The lowest BCUT2D eigenvalue weighted by Gasteiger charge is -2.07. The lowest BCUT2D eigenvalue weighted by atomic mass is 10.2. The molecule has 0 fully saturated rings. The molecular formula is C12H16N4O. The van der Waals surface area contributed by atoms with Gasteiger partial charge in [-0.25, -0.2) is 0 Å². The molecule has 5 heteroatoms. The Morgan fingerprint density at radius 3 is 2.76 bits per heavy atom.